The average Bonchev–Trinajstić information content (AvgIpc) is 3.14. The van der Waals surface area contributed by atoms with Crippen molar-refractivity contribution in [2.75, 3.05) is 0 Å². The van der Waals surface area contributed by atoms with Gasteiger partial charge >= 0.3 is 0 Å². The van der Waals surface area contributed by atoms with Crippen molar-refractivity contribution < 1.29 is 22.0 Å². The minimum atomic E-state index is -1.16. The van der Waals surface area contributed by atoms with Crippen molar-refractivity contribution in [2.45, 2.75) is 84.0 Å². The molecule has 5 heteroatoms. The van der Waals surface area contributed by atoms with Crippen molar-refractivity contribution in [1.29, 1.82) is 0 Å². The molecule has 31 heavy (non-hydrogen) atoms. The summed E-state index contributed by atoms with van der Waals surface area (Å²) in [4.78, 5) is 0. The van der Waals surface area contributed by atoms with Gasteiger partial charge in [0.15, 0.2) is 23.3 Å². The van der Waals surface area contributed by atoms with Crippen LogP contribution in [0.15, 0.2) is 16.5 Å². The molecule has 4 rings (SSSR count). The second-order valence-corrected chi connectivity index (χ2v) is 9.07. The summed E-state index contributed by atoms with van der Waals surface area (Å²) in [5.74, 6) is -3.68. The number of rotatable bonds is 7. The normalized spacial score (nSPS) is 19.5. The van der Waals surface area contributed by atoms with Gasteiger partial charge in [-0.3, -0.25) is 0 Å². The SMILES string of the molecule is CCCCCc1cc2oc3cc(C4CCC(CCC)CC4)c(F)c(F)c3c2c(F)c1F. The lowest BCUT2D eigenvalue weighted by atomic mass is 9.77. The van der Waals surface area contributed by atoms with E-state index in [0.717, 1.165) is 57.8 Å². The highest BCUT2D eigenvalue weighted by Crippen LogP contribution is 2.43. The number of fused-ring (bicyclic) bond motifs is 3. The first-order valence-electron chi connectivity index (χ1n) is 11.7. The number of unbranched alkanes of at least 4 members (excludes halogenated alkanes) is 2. The van der Waals surface area contributed by atoms with Gasteiger partial charge in [0.25, 0.3) is 0 Å². The quantitative estimate of drug-likeness (QED) is 0.267. The van der Waals surface area contributed by atoms with Crippen LogP contribution in [0.5, 0.6) is 0 Å². The van der Waals surface area contributed by atoms with Gasteiger partial charge in [-0.25, -0.2) is 17.6 Å². The van der Waals surface area contributed by atoms with E-state index >= 15 is 8.78 Å². The van der Waals surface area contributed by atoms with Crippen molar-refractivity contribution in [3.05, 3.63) is 46.5 Å². The molecule has 0 unspecified atom stereocenters. The summed E-state index contributed by atoms with van der Waals surface area (Å²) in [6.07, 6.45) is 8.88. The van der Waals surface area contributed by atoms with Crippen LogP contribution in [-0.2, 0) is 6.42 Å². The molecule has 1 heterocycles. The Morgan fingerprint density at radius 2 is 1.42 bits per heavy atom. The predicted octanol–water partition coefficient (Wildman–Crippen LogP) is 8.95. The third kappa shape index (κ3) is 4.08. The van der Waals surface area contributed by atoms with Gasteiger partial charge in [-0.2, -0.15) is 0 Å². The van der Waals surface area contributed by atoms with Crippen molar-refractivity contribution in [1.82, 2.24) is 0 Å². The second-order valence-electron chi connectivity index (χ2n) is 9.07. The van der Waals surface area contributed by atoms with E-state index in [2.05, 4.69) is 6.92 Å². The van der Waals surface area contributed by atoms with E-state index in [0.29, 0.717) is 17.9 Å². The van der Waals surface area contributed by atoms with Crippen LogP contribution in [0.4, 0.5) is 17.6 Å². The Balaban J connectivity index is 1.75. The Morgan fingerprint density at radius 1 is 0.774 bits per heavy atom. The molecular formula is C26H30F4O. The van der Waals surface area contributed by atoms with Crippen molar-refractivity contribution >= 4 is 21.9 Å². The standard InChI is InChI=1S/C26H30F4O/c1-3-5-6-8-17-13-19-21(25(29)23(17)27)22-20(31-19)14-18(24(28)26(22)30)16-11-9-15(7-4-2)10-12-16/h13-16H,3-12H2,1-2H3. The first-order valence-corrected chi connectivity index (χ1v) is 11.7. The molecule has 0 spiro atoms. The van der Waals surface area contributed by atoms with Gasteiger partial charge in [0.05, 0.1) is 10.8 Å². The summed E-state index contributed by atoms with van der Waals surface area (Å²) in [5.41, 5.74) is 0.669. The molecule has 1 fully saturated rings. The summed E-state index contributed by atoms with van der Waals surface area (Å²) in [6, 6.07) is 2.95. The van der Waals surface area contributed by atoms with E-state index < -0.39 is 23.3 Å². The Kier molecular flexibility index (Phi) is 6.59. The van der Waals surface area contributed by atoms with Crippen LogP contribution in [0.1, 0.15) is 88.7 Å². The van der Waals surface area contributed by atoms with Crippen LogP contribution in [0.25, 0.3) is 21.9 Å². The van der Waals surface area contributed by atoms with E-state index in [1.165, 1.54) is 12.1 Å². The number of hydrogen-bond acceptors (Lipinski definition) is 1. The molecular weight excluding hydrogens is 404 g/mol. The minimum Gasteiger partial charge on any atom is -0.456 e. The smallest absolute Gasteiger partial charge is 0.170 e. The van der Waals surface area contributed by atoms with Crippen LogP contribution >= 0.6 is 0 Å². The van der Waals surface area contributed by atoms with Gasteiger partial charge in [0.2, 0.25) is 0 Å². The lowest BCUT2D eigenvalue weighted by Gasteiger charge is -2.28. The number of furan rings is 1. The predicted molar refractivity (Wildman–Crippen MR) is 116 cm³/mol. The largest absolute Gasteiger partial charge is 0.456 e. The minimum absolute atomic E-state index is 0.0718. The third-order valence-corrected chi connectivity index (χ3v) is 6.95. The van der Waals surface area contributed by atoms with Crippen molar-refractivity contribution in [2.24, 2.45) is 5.92 Å². The molecule has 0 N–H and O–H groups in total. The summed E-state index contributed by atoms with van der Waals surface area (Å²) in [5, 5.41) is -0.603. The van der Waals surface area contributed by atoms with Gasteiger partial charge in [0.1, 0.15) is 11.2 Å². The topological polar surface area (TPSA) is 13.1 Å². The zero-order valence-electron chi connectivity index (χ0n) is 18.3. The summed E-state index contributed by atoms with van der Waals surface area (Å²) in [7, 11) is 0. The fourth-order valence-electron chi connectivity index (χ4n) is 5.23. The maximum Gasteiger partial charge on any atom is 0.170 e. The summed E-state index contributed by atoms with van der Waals surface area (Å²) in [6.45, 7) is 4.19. The van der Waals surface area contributed by atoms with Crippen LogP contribution in [0, 0.1) is 29.2 Å². The number of hydrogen-bond donors (Lipinski definition) is 0. The summed E-state index contributed by atoms with van der Waals surface area (Å²) >= 11 is 0. The van der Waals surface area contributed by atoms with Gasteiger partial charge in [-0.1, -0.05) is 39.5 Å². The molecule has 0 radical (unpaired) electrons. The van der Waals surface area contributed by atoms with Gasteiger partial charge < -0.3 is 4.42 Å². The summed E-state index contributed by atoms with van der Waals surface area (Å²) < 4.78 is 65.4. The first-order chi connectivity index (χ1) is 15.0. The van der Waals surface area contributed by atoms with Crippen LogP contribution in [0.2, 0.25) is 0 Å². The van der Waals surface area contributed by atoms with E-state index in [1.807, 2.05) is 6.92 Å². The lowest BCUT2D eigenvalue weighted by molar-refractivity contribution is 0.303. The van der Waals surface area contributed by atoms with Crippen LogP contribution < -0.4 is 0 Å². The molecule has 168 valence electrons. The molecule has 0 bridgehead atoms. The highest BCUT2D eigenvalue weighted by atomic mass is 19.2. The molecule has 0 atom stereocenters. The molecule has 0 aliphatic heterocycles. The molecule has 1 aliphatic rings. The average molecular weight is 435 g/mol. The fourth-order valence-corrected chi connectivity index (χ4v) is 5.23. The third-order valence-electron chi connectivity index (χ3n) is 6.95. The van der Waals surface area contributed by atoms with E-state index in [4.69, 9.17) is 4.42 Å². The van der Waals surface area contributed by atoms with Gasteiger partial charge in [-0.15, -0.1) is 0 Å². The van der Waals surface area contributed by atoms with Crippen LogP contribution in [0.3, 0.4) is 0 Å². The van der Waals surface area contributed by atoms with Crippen molar-refractivity contribution in [3.8, 4) is 0 Å². The van der Waals surface area contributed by atoms with E-state index in [-0.39, 0.29) is 33.4 Å². The fraction of sp³-hybridized carbons (Fsp3) is 0.538. The lowest BCUT2D eigenvalue weighted by Crippen LogP contribution is -2.14. The molecule has 3 aromatic rings. The number of halogens is 4. The zero-order valence-corrected chi connectivity index (χ0v) is 18.3. The second kappa shape index (κ2) is 9.22. The molecule has 0 amide bonds. The Hall–Kier alpha value is -2.04. The monoisotopic (exact) mass is 434 g/mol. The van der Waals surface area contributed by atoms with Gasteiger partial charge in [-0.05, 0) is 73.6 Å². The zero-order chi connectivity index (χ0) is 22.1. The number of aryl methyl sites for hydroxylation is 1. The van der Waals surface area contributed by atoms with E-state index in [1.54, 1.807) is 0 Å². The molecule has 1 aliphatic carbocycles. The molecule has 2 aromatic carbocycles. The Bertz CT molecular complexity index is 1080. The molecule has 1 aromatic heterocycles. The molecule has 1 nitrogen and oxygen atoms in total. The van der Waals surface area contributed by atoms with Gasteiger partial charge in [0, 0.05) is 0 Å². The highest BCUT2D eigenvalue weighted by Gasteiger charge is 2.29. The maximum absolute atomic E-state index is 15.1. The Labute approximate surface area is 180 Å². The maximum atomic E-state index is 15.1. The van der Waals surface area contributed by atoms with Crippen molar-refractivity contribution in [3.63, 3.8) is 0 Å². The molecule has 0 saturated heterocycles. The first kappa shape index (κ1) is 22.2. The van der Waals surface area contributed by atoms with Crippen LogP contribution in [-0.4, -0.2) is 0 Å². The van der Waals surface area contributed by atoms with E-state index in [9.17, 15) is 8.78 Å². The number of benzene rings is 2. The Morgan fingerprint density at radius 3 is 2.06 bits per heavy atom. The molecule has 1 saturated carbocycles. The highest BCUT2D eigenvalue weighted by molar-refractivity contribution is 6.06.